The molecule has 57 heavy (non-hydrogen) atoms. The molecule has 1 aliphatic carbocycles. The Kier molecular flexibility index (Phi) is 15.3. The van der Waals surface area contributed by atoms with Crippen molar-refractivity contribution in [1.29, 1.82) is 0 Å². The van der Waals surface area contributed by atoms with Crippen LogP contribution in [-0.2, 0) is 25.7 Å². The van der Waals surface area contributed by atoms with Crippen LogP contribution in [0.15, 0.2) is 91.0 Å². The average Bonchev–Trinajstić information content (AvgIpc) is 3.55. The van der Waals surface area contributed by atoms with Gasteiger partial charge in [0.1, 0.15) is 35.9 Å². The highest BCUT2D eigenvalue weighted by atomic mass is 16.6. The number of carbonyl (C=O) groups is 4. The number of anilines is 1. The van der Waals surface area contributed by atoms with E-state index in [0.29, 0.717) is 48.6 Å². The van der Waals surface area contributed by atoms with Gasteiger partial charge in [0.2, 0.25) is 5.91 Å². The van der Waals surface area contributed by atoms with Gasteiger partial charge in [0.15, 0.2) is 6.61 Å². The number of fused-ring (bicyclic) bond motifs is 3. The fourth-order valence-corrected chi connectivity index (χ4v) is 6.77. The van der Waals surface area contributed by atoms with E-state index < -0.39 is 36.0 Å². The van der Waals surface area contributed by atoms with Gasteiger partial charge in [-0.2, -0.15) is 0 Å². The largest absolute Gasteiger partial charge is 0.497 e. The first-order valence-electron chi connectivity index (χ1n) is 19.3. The number of ether oxygens (including phenoxy) is 4. The van der Waals surface area contributed by atoms with Gasteiger partial charge in [0.25, 0.3) is 5.91 Å². The molecule has 1 aliphatic rings. The van der Waals surface area contributed by atoms with Gasteiger partial charge in [-0.15, -0.1) is 0 Å². The molecule has 13 nitrogen and oxygen atoms in total. The van der Waals surface area contributed by atoms with Crippen LogP contribution in [0, 0.1) is 0 Å². The van der Waals surface area contributed by atoms with Crippen LogP contribution in [0.1, 0.15) is 75.0 Å². The number of hydrogen-bond acceptors (Lipinski definition) is 9. The molecule has 4 aromatic rings. The molecule has 0 radical (unpaired) electrons. The first kappa shape index (κ1) is 42.1. The van der Waals surface area contributed by atoms with Crippen LogP contribution in [0.3, 0.4) is 0 Å². The Morgan fingerprint density at radius 1 is 0.772 bits per heavy atom. The molecule has 4 aromatic carbocycles. The number of carbonyl (C=O) groups excluding carboxylic acids is 3. The number of rotatable bonds is 21. The molecule has 0 aliphatic heterocycles. The van der Waals surface area contributed by atoms with Crippen molar-refractivity contribution in [2.75, 3.05) is 32.3 Å². The summed E-state index contributed by atoms with van der Waals surface area (Å²) in [6, 6.07) is 26.6. The number of methoxy groups -OCH3 is 2. The molecule has 3 amide bonds. The first-order valence-corrected chi connectivity index (χ1v) is 19.3. The normalized spacial score (nSPS) is 12.7. The van der Waals surface area contributed by atoms with Crippen LogP contribution in [0.2, 0.25) is 0 Å². The summed E-state index contributed by atoms with van der Waals surface area (Å²) < 4.78 is 22.8. The zero-order chi connectivity index (χ0) is 40.7. The quantitative estimate of drug-likeness (QED) is 0.0649. The van der Waals surface area contributed by atoms with E-state index in [1.54, 1.807) is 49.6 Å². The van der Waals surface area contributed by atoms with Gasteiger partial charge in [0, 0.05) is 12.0 Å². The minimum absolute atomic E-state index is 0.121. The van der Waals surface area contributed by atoms with Crippen molar-refractivity contribution in [3.8, 4) is 28.4 Å². The van der Waals surface area contributed by atoms with Crippen molar-refractivity contribution in [2.45, 2.75) is 76.9 Å². The lowest BCUT2D eigenvalue weighted by Crippen LogP contribution is -2.55. The van der Waals surface area contributed by atoms with Gasteiger partial charge in [-0.05, 0) is 64.9 Å². The molecule has 13 heteroatoms. The lowest BCUT2D eigenvalue weighted by Gasteiger charge is -2.25. The molecule has 0 bridgehead atoms. The highest BCUT2D eigenvalue weighted by molar-refractivity contribution is 5.90. The van der Waals surface area contributed by atoms with E-state index in [1.165, 1.54) is 12.0 Å². The molecule has 0 spiro atoms. The molecular formula is C44H52N4O9. The van der Waals surface area contributed by atoms with Crippen molar-refractivity contribution in [2.24, 2.45) is 0 Å². The number of unbranched alkanes of at least 4 members (excludes halogenated alkanes) is 2. The van der Waals surface area contributed by atoms with E-state index in [2.05, 4.69) is 40.4 Å². The summed E-state index contributed by atoms with van der Waals surface area (Å²) in [6.45, 7) is 3.84. The Labute approximate surface area is 333 Å². The summed E-state index contributed by atoms with van der Waals surface area (Å²) in [5, 5.41) is 12.1. The third kappa shape index (κ3) is 11.0. The molecule has 2 atom stereocenters. The van der Waals surface area contributed by atoms with E-state index >= 15 is 0 Å². The maximum absolute atomic E-state index is 14.0. The standard InChI is InChI=1S/C44H52N4O9/c1-5-7-17-37(42(50)45-38(43(51)52)18-8-6-2)46-47-41(49)28-56-30-21-19-29(20-22-30)26-48(39-24-23-31(54-3)25-40(39)55-4)44(53)57-27-36-34-15-11-9-13-32(34)33-14-10-12-16-35(33)36/h9-16,19-25,36-38,46H,5-8,17-18,26-28H2,1-4H3,(H,45,50)(H,47,49)(H,51,52)/t37-,38-/m0/s1. The Hall–Kier alpha value is -6.08. The summed E-state index contributed by atoms with van der Waals surface area (Å²) in [6.07, 6.45) is 3.13. The number of benzene rings is 4. The monoisotopic (exact) mass is 780 g/mol. The minimum atomic E-state index is -1.10. The van der Waals surface area contributed by atoms with E-state index in [0.717, 1.165) is 40.7 Å². The van der Waals surface area contributed by atoms with Crippen molar-refractivity contribution in [3.05, 3.63) is 108 Å². The van der Waals surface area contributed by atoms with Crippen molar-refractivity contribution in [3.63, 3.8) is 0 Å². The third-order valence-electron chi connectivity index (χ3n) is 9.88. The van der Waals surface area contributed by atoms with Gasteiger partial charge in [0.05, 0.1) is 26.5 Å². The predicted molar refractivity (Wildman–Crippen MR) is 216 cm³/mol. The highest BCUT2D eigenvalue weighted by Gasteiger charge is 2.31. The topological polar surface area (TPSA) is 165 Å². The van der Waals surface area contributed by atoms with E-state index in [-0.39, 0.29) is 25.7 Å². The number of carboxylic acid groups (broad SMARTS) is 1. The summed E-state index contributed by atoms with van der Waals surface area (Å²) in [5.74, 6) is -0.841. The van der Waals surface area contributed by atoms with Crippen LogP contribution < -0.4 is 35.3 Å². The summed E-state index contributed by atoms with van der Waals surface area (Å²) >= 11 is 0. The maximum atomic E-state index is 14.0. The SMILES string of the molecule is CCCC[C@H](NC(=O)[C@H](CCCC)NNC(=O)COc1ccc(CN(C(=O)OCC2c3ccccc3-c3ccccc32)c2ccc(OC)cc2OC)cc1)C(=O)O. The van der Waals surface area contributed by atoms with Crippen LogP contribution >= 0.6 is 0 Å². The molecule has 5 rings (SSSR count). The van der Waals surface area contributed by atoms with Crippen molar-refractivity contribution < 1.29 is 43.2 Å². The fraction of sp³-hybridized carbons (Fsp3) is 0.364. The van der Waals surface area contributed by atoms with Crippen LogP contribution in [0.5, 0.6) is 17.2 Å². The van der Waals surface area contributed by atoms with Gasteiger partial charge < -0.3 is 29.4 Å². The molecule has 0 aromatic heterocycles. The Morgan fingerprint density at radius 2 is 1.39 bits per heavy atom. The number of nitrogens with zero attached hydrogens (tertiary/aromatic N) is 1. The second-order valence-corrected chi connectivity index (χ2v) is 13.8. The van der Waals surface area contributed by atoms with Crippen molar-refractivity contribution >= 4 is 29.6 Å². The van der Waals surface area contributed by atoms with Gasteiger partial charge in [-0.25, -0.2) is 15.0 Å². The second-order valence-electron chi connectivity index (χ2n) is 13.8. The Balaban J connectivity index is 1.22. The fourth-order valence-electron chi connectivity index (χ4n) is 6.77. The lowest BCUT2D eigenvalue weighted by atomic mass is 9.98. The van der Waals surface area contributed by atoms with Gasteiger partial charge in [-0.3, -0.25) is 19.9 Å². The molecule has 0 unspecified atom stereocenters. The van der Waals surface area contributed by atoms with Crippen LogP contribution in [0.25, 0.3) is 11.1 Å². The average molecular weight is 781 g/mol. The number of amides is 3. The highest BCUT2D eigenvalue weighted by Crippen LogP contribution is 2.44. The number of hydrazine groups is 1. The maximum Gasteiger partial charge on any atom is 0.414 e. The molecule has 0 heterocycles. The third-order valence-corrected chi connectivity index (χ3v) is 9.88. The van der Waals surface area contributed by atoms with Crippen LogP contribution in [0.4, 0.5) is 10.5 Å². The number of nitrogens with one attached hydrogen (secondary N) is 3. The number of hydrogen-bond donors (Lipinski definition) is 4. The lowest BCUT2D eigenvalue weighted by molar-refractivity contribution is -0.142. The molecule has 302 valence electrons. The molecule has 0 saturated heterocycles. The number of aliphatic carboxylic acids is 1. The van der Waals surface area contributed by atoms with E-state index in [9.17, 15) is 24.3 Å². The summed E-state index contributed by atoms with van der Waals surface area (Å²) in [4.78, 5) is 52.9. The smallest absolute Gasteiger partial charge is 0.414 e. The van der Waals surface area contributed by atoms with E-state index in [1.807, 2.05) is 38.1 Å². The zero-order valence-corrected chi connectivity index (χ0v) is 32.9. The summed E-state index contributed by atoms with van der Waals surface area (Å²) in [7, 11) is 3.08. The molecule has 4 N–H and O–H groups in total. The van der Waals surface area contributed by atoms with Crippen molar-refractivity contribution in [1.82, 2.24) is 16.2 Å². The van der Waals surface area contributed by atoms with Gasteiger partial charge in [-0.1, -0.05) is 100 Å². The molecular weight excluding hydrogens is 729 g/mol. The number of carboxylic acids is 1. The predicted octanol–water partition coefficient (Wildman–Crippen LogP) is 6.98. The first-order chi connectivity index (χ1) is 27.7. The minimum Gasteiger partial charge on any atom is -0.497 e. The second kappa shape index (κ2) is 20.7. The zero-order valence-electron chi connectivity index (χ0n) is 32.9. The van der Waals surface area contributed by atoms with Gasteiger partial charge >= 0.3 is 12.1 Å². The molecule has 0 saturated carbocycles. The molecule has 0 fully saturated rings. The van der Waals surface area contributed by atoms with Crippen LogP contribution in [-0.4, -0.2) is 68.5 Å². The van der Waals surface area contributed by atoms with E-state index in [4.69, 9.17) is 18.9 Å². The Morgan fingerprint density at radius 3 is 1.98 bits per heavy atom. The Bertz CT molecular complexity index is 1940. The summed E-state index contributed by atoms with van der Waals surface area (Å²) in [5.41, 5.74) is 11.0.